The van der Waals surface area contributed by atoms with E-state index in [9.17, 15) is 19.1 Å². The summed E-state index contributed by atoms with van der Waals surface area (Å²) in [5, 5.41) is 12.4. The number of hydrogen-bond donors (Lipinski definition) is 3. The van der Waals surface area contributed by atoms with Crippen LogP contribution in [0, 0.1) is 5.82 Å². The third-order valence-electron chi connectivity index (χ3n) is 6.09. The number of aromatic nitrogens is 1. The molecule has 0 saturated carbocycles. The molecule has 0 aliphatic heterocycles. The normalized spacial score (nSPS) is 13.4. The average molecular weight is 444 g/mol. The Kier molecular flexibility index (Phi) is 5.30. The van der Waals surface area contributed by atoms with Gasteiger partial charge in [0.05, 0.1) is 0 Å². The highest BCUT2D eigenvalue weighted by atomic mass is 19.1. The lowest BCUT2D eigenvalue weighted by Gasteiger charge is -2.17. The molecule has 33 heavy (non-hydrogen) atoms. The van der Waals surface area contributed by atoms with Crippen LogP contribution < -0.4 is 5.32 Å². The van der Waals surface area contributed by atoms with E-state index in [-0.39, 0.29) is 18.9 Å². The third-order valence-corrected chi connectivity index (χ3v) is 6.09. The zero-order valence-electron chi connectivity index (χ0n) is 17.5. The molecule has 0 fully saturated rings. The summed E-state index contributed by atoms with van der Waals surface area (Å²) >= 11 is 0. The van der Waals surface area contributed by atoms with E-state index in [0.29, 0.717) is 16.5 Å². The van der Waals surface area contributed by atoms with E-state index in [1.165, 1.54) is 6.07 Å². The summed E-state index contributed by atoms with van der Waals surface area (Å²) in [7, 11) is 0. The minimum atomic E-state index is -1.26. The van der Waals surface area contributed by atoms with Gasteiger partial charge in [-0.15, -0.1) is 0 Å². The van der Waals surface area contributed by atoms with Gasteiger partial charge in [0.1, 0.15) is 18.5 Å². The summed E-state index contributed by atoms with van der Waals surface area (Å²) in [5.74, 6) is -1.81. The molecule has 1 aromatic heterocycles. The molecule has 5 rings (SSSR count). The maximum atomic E-state index is 14.3. The summed E-state index contributed by atoms with van der Waals surface area (Å²) in [6.45, 7) is 0.0773. The number of rotatable bonds is 6. The van der Waals surface area contributed by atoms with Gasteiger partial charge in [-0.3, -0.25) is 0 Å². The van der Waals surface area contributed by atoms with Crippen molar-refractivity contribution in [2.24, 2.45) is 0 Å². The lowest BCUT2D eigenvalue weighted by molar-refractivity contribution is -0.139. The molecule has 1 amide bonds. The van der Waals surface area contributed by atoms with Crippen LogP contribution in [-0.2, 0) is 16.0 Å². The zero-order valence-corrected chi connectivity index (χ0v) is 17.5. The van der Waals surface area contributed by atoms with E-state index in [4.69, 9.17) is 4.74 Å². The topological polar surface area (TPSA) is 91.4 Å². The van der Waals surface area contributed by atoms with E-state index in [1.807, 2.05) is 48.5 Å². The minimum absolute atomic E-state index is 0.0773. The number of aliphatic carboxylic acids is 1. The number of amides is 1. The van der Waals surface area contributed by atoms with Crippen LogP contribution in [0.2, 0.25) is 0 Å². The standard InChI is InChI=1S/C26H21FN2O4/c27-21-10-5-11-22-24(21)15(13-28-22)12-23(25(30)31)29-26(32)33-14-20-18-8-3-1-6-16(18)17-7-2-4-9-19(17)20/h1-11,13,20,23,28H,12,14H2,(H,29,32)(H,30,31)/t23-/m0/s1. The molecule has 1 heterocycles. The van der Waals surface area contributed by atoms with Crippen LogP contribution in [0.15, 0.2) is 72.9 Å². The Morgan fingerprint density at radius 1 is 1.00 bits per heavy atom. The smallest absolute Gasteiger partial charge is 0.407 e. The van der Waals surface area contributed by atoms with Crippen molar-refractivity contribution in [1.29, 1.82) is 0 Å². The predicted molar refractivity (Wildman–Crippen MR) is 122 cm³/mol. The first-order chi connectivity index (χ1) is 16.0. The molecule has 3 N–H and O–H groups in total. The summed E-state index contributed by atoms with van der Waals surface area (Å²) < 4.78 is 19.7. The fourth-order valence-corrected chi connectivity index (χ4v) is 4.57. The number of ether oxygens (including phenoxy) is 1. The van der Waals surface area contributed by atoms with Crippen LogP contribution in [0.25, 0.3) is 22.0 Å². The summed E-state index contributed by atoms with van der Waals surface area (Å²) in [6, 6.07) is 19.2. The van der Waals surface area contributed by atoms with Crippen molar-refractivity contribution in [3.05, 3.63) is 95.4 Å². The summed E-state index contributed by atoms with van der Waals surface area (Å²) in [6.07, 6.45) is 0.647. The van der Waals surface area contributed by atoms with Crippen LogP contribution in [-0.4, -0.2) is 34.8 Å². The van der Waals surface area contributed by atoms with Crippen molar-refractivity contribution in [2.45, 2.75) is 18.4 Å². The quantitative estimate of drug-likeness (QED) is 0.397. The van der Waals surface area contributed by atoms with E-state index in [2.05, 4.69) is 10.3 Å². The van der Waals surface area contributed by atoms with Crippen molar-refractivity contribution >= 4 is 23.0 Å². The summed E-state index contributed by atoms with van der Waals surface area (Å²) in [5.41, 5.74) is 5.37. The van der Waals surface area contributed by atoms with E-state index in [1.54, 1.807) is 18.3 Å². The van der Waals surface area contributed by atoms with Crippen molar-refractivity contribution in [2.75, 3.05) is 6.61 Å². The third kappa shape index (κ3) is 3.82. The number of hydrogen-bond acceptors (Lipinski definition) is 3. The second-order valence-electron chi connectivity index (χ2n) is 8.04. The van der Waals surface area contributed by atoms with Crippen LogP contribution in [0.3, 0.4) is 0 Å². The lowest BCUT2D eigenvalue weighted by atomic mass is 9.98. The van der Waals surface area contributed by atoms with Gasteiger partial charge < -0.3 is 20.1 Å². The Balaban J connectivity index is 1.29. The van der Waals surface area contributed by atoms with Gasteiger partial charge >= 0.3 is 12.1 Å². The Hall–Kier alpha value is -4.13. The molecule has 0 spiro atoms. The van der Waals surface area contributed by atoms with Gasteiger partial charge in [0, 0.05) is 29.4 Å². The molecule has 166 valence electrons. The number of fused-ring (bicyclic) bond motifs is 4. The molecular formula is C26H21FN2O4. The number of carbonyl (C=O) groups excluding carboxylic acids is 1. The van der Waals surface area contributed by atoms with Crippen LogP contribution in [0.5, 0.6) is 0 Å². The molecule has 0 unspecified atom stereocenters. The molecule has 3 aromatic carbocycles. The number of H-pyrrole nitrogens is 1. The van der Waals surface area contributed by atoms with Crippen LogP contribution in [0.1, 0.15) is 22.6 Å². The van der Waals surface area contributed by atoms with Crippen molar-refractivity contribution in [3.63, 3.8) is 0 Å². The van der Waals surface area contributed by atoms with E-state index in [0.717, 1.165) is 22.3 Å². The average Bonchev–Trinajstić information content (AvgIpc) is 3.37. The van der Waals surface area contributed by atoms with Gasteiger partial charge in [0.25, 0.3) is 0 Å². The molecular weight excluding hydrogens is 423 g/mol. The molecule has 0 saturated heterocycles. The Morgan fingerprint density at radius 2 is 1.67 bits per heavy atom. The predicted octanol–water partition coefficient (Wildman–Crippen LogP) is 4.84. The number of carbonyl (C=O) groups is 2. The second-order valence-corrected chi connectivity index (χ2v) is 8.04. The first-order valence-electron chi connectivity index (χ1n) is 10.6. The van der Waals surface area contributed by atoms with Gasteiger partial charge in [-0.05, 0) is 39.9 Å². The zero-order chi connectivity index (χ0) is 22.9. The lowest BCUT2D eigenvalue weighted by Crippen LogP contribution is -2.42. The van der Waals surface area contributed by atoms with Crippen LogP contribution in [0.4, 0.5) is 9.18 Å². The van der Waals surface area contributed by atoms with Gasteiger partial charge in [0.2, 0.25) is 0 Å². The molecule has 7 heteroatoms. The maximum Gasteiger partial charge on any atom is 0.407 e. The molecule has 1 atom stereocenters. The number of halogens is 1. The van der Waals surface area contributed by atoms with Crippen molar-refractivity contribution < 1.29 is 23.8 Å². The highest BCUT2D eigenvalue weighted by molar-refractivity contribution is 5.86. The van der Waals surface area contributed by atoms with Crippen molar-refractivity contribution in [1.82, 2.24) is 10.3 Å². The SMILES string of the molecule is O=C(N[C@@H](Cc1c[nH]c2cccc(F)c12)C(=O)O)OCC1c2ccccc2-c2ccccc21. The minimum Gasteiger partial charge on any atom is -0.480 e. The molecule has 0 bridgehead atoms. The number of carboxylic acid groups (broad SMARTS) is 1. The number of nitrogens with one attached hydrogen (secondary N) is 2. The Morgan fingerprint density at radius 3 is 2.33 bits per heavy atom. The first kappa shape index (κ1) is 20.8. The fraction of sp³-hybridized carbons (Fsp3) is 0.154. The highest BCUT2D eigenvalue weighted by Gasteiger charge is 2.30. The largest absolute Gasteiger partial charge is 0.480 e. The van der Waals surface area contributed by atoms with Gasteiger partial charge in [-0.25, -0.2) is 14.0 Å². The number of carboxylic acids is 1. The number of alkyl carbamates (subject to hydrolysis) is 1. The van der Waals surface area contributed by atoms with Gasteiger partial charge in [-0.1, -0.05) is 54.6 Å². The number of benzene rings is 3. The van der Waals surface area contributed by atoms with Gasteiger partial charge in [0.15, 0.2) is 0 Å². The Bertz CT molecular complexity index is 1320. The first-order valence-corrected chi connectivity index (χ1v) is 10.6. The van der Waals surface area contributed by atoms with E-state index >= 15 is 0 Å². The highest BCUT2D eigenvalue weighted by Crippen LogP contribution is 2.44. The van der Waals surface area contributed by atoms with Gasteiger partial charge in [-0.2, -0.15) is 0 Å². The monoisotopic (exact) mass is 444 g/mol. The van der Waals surface area contributed by atoms with Crippen LogP contribution >= 0.6 is 0 Å². The number of aromatic amines is 1. The summed E-state index contributed by atoms with van der Waals surface area (Å²) in [4.78, 5) is 27.2. The maximum absolute atomic E-state index is 14.3. The molecule has 1 aliphatic rings. The molecule has 6 nitrogen and oxygen atoms in total. The second kappa shape index (κ2) is 8.43. The fourth-order valence-electron chi connectivity index (χ4n) is 4.57. The molecule has 4 aromatic rings. The van der Waals surface area contributed by atoms with E-state index < -0.39 is 23.9 Å². The molecule has 1 aliphatic carbocycles. The Labute approximate surface area is 189 Å². The van der Waals surface area contributed by atoms with Crippen molar-refractivity contribution in [3.8, 4) is 11.1 Å². The molecule has 0 radical (unpaired) electrons.